The summed E-state index contributed by atoms with van der Waals surface area (Å²) in [5.41, 5.74) is 1.03. The lowest BCUT2D eigenvalue weighted by Gasteiger charge is -2.50. The number of nitrogens with zero attached hydrogens (tertiary/aromatic N) is 2. The van der Waals surface area contributed by atoms with Crippen LogP contribution in [0.4, 0.5) is 11.4 Å². The van der Waals surface area contributed by atoms with Crippen LogP contribution < -0.4 is 10.2 Å². The highest BCUT2D eigenvalue weighted by Gasteiger charge is 2.41. The van der Waals surface area contributed by atoms with Crippen LogP contribution in [0.15, 0.2) is 22.7 Å². The fourth-order valence-electron chi connectivity index (χ4n) is 3.75. The normalized spacial score (nSPS) is 21.5. The molecule has 0 radical (unpaired) electrons. The summed E-state index contributed by atoms with van der Waals surface area (Å²) < 4.78 is 0.755. The Hall–Kier alpha value is -1.14. The molecule has 1 aromatic carbocycles. The first-order valence-corrected chi connectivity index (χ1v) is 8.34. The quantitative estimate of drug-likeness (QED) is 0.653. The summed E-state index contributed by atoms with van der Waals surface area (Å²) in [5.74, 6) is 0. The van der Waals surface area contributed by atoms with Crippen molar-refractivity contribution in [2.24, 2.45) is 0 Å². The van der Waals surface area contributed by atoms with E-state index in [-0.39, 0.29) is 16.1 Å². The molecular weight excluding hydrogens is 334 g/mol. The first kappa shape index (κ1) is 14.8. The second-order valence-electron chi connectivity index (χ2n) is 6.00. The number of piperazine rings is 1. The van der Waals surface area contributed by atoms with Crippen LogP contribution in [0.25, 0.3) is 0 Å². The first-order valence-electron chi connectivity index (χ1n) is 7.55. The van der Waals surface area contributed by atoms with Gasteiger partial charge in [-0.2, -0.15) is 0 Å². The van der Waals surface area contributed by atoms with Crippen molar-refractivity contribution in [3.8, 4) is 0 Å². The molecule has 6 heteroatoms. The number of benzene rings is 1. The van der Waals surface area contributed by atoms with Gasteiger partial charge >= 0.3 is 0 Å². The lowest BCUT2D eigenvalue weighted by Crippen LogP contribution is -2.62. The minimum absolute atomic E-state index is 0.0507. The number of nitrogens with one attached hydrogen (secondary N) is 1. The van der Waals surface area contributed by atoms with Gasteiger partial charge in [0.25, 0.3) is 5.69 Å². The second-order valence-corrected chi connectivity index (χ2v) is 6.92. The lowest BCUT2D eigenvalue weighted by molar-refractivity contribution is -0.384. The molecule has 0 atom stereocenters. The maximum absolute atomic E-state index is 11.4. The van der Waals surface area contributed by atoms with Gasteiger partial charge in [-0.25, -0.2) is 0 Å². The maximum atomic E-state index is 11.4. The Balaban J connectivity index is 2.02. The van der Waals surface area contributed by atoms with Gasteiger partial charge in [0.1, 0.15) is 5.69 Å². The van der Waals surface area contributed by atoms with Gasteiger partial charge in [0.05, 0.1) is 10.5 Å². The Kier molecular flexibility index (Phi) is 4.17. The molecule has 21 heavy (non-hydrogen) atoms. The van der Waals surface area contributed by atoms with Crippen LogP contribution in [0.5, 0.6) is 0 Å². The van der Waals surface area contributed by atoms with Gasteiger partial charge in [-0.15, -0.1) is 0 Å². The molecule has 1 aromatic rings. The highest BCUT2D eigenvalue weighted by molar-refractivity contribution is 9.10. The predicted octanol–water partition coefficient (Wildman–Crippen LogP) is 3.47. The summed E-state index contributed by atoms with van der Waals surface area (Å²) >= 11 is 3.34. The van der Waals surface area contributed by atoms with E-state index >= 15 is 0 Å². The van der Waals surface area contributed by atoms with Gasteiger partial charge in [-0.05, 0) is 25.0 Å². The Morgan fingerprint density at radius 2 is 2.05 bits per heavy atom. The Bertz CT molecular complexity index is 535. The number of nitro benzene ring substituents is 1. The van der Waals surface area contributed by atoms with Crippen LogP contribution >= 0.6 is 15.9 Å². The molecule has 2 aliphatic rings. The Morgan fingerprint density at radius 1 is 1.29 bits per heavy atom. The molecule has 0 aromatic heterocycles. The number of hydrogen-bond acceptors (Lipinski definition) is 4. The zero-order valence-corrected chi connectivity index (χ0v) is 13.6. The molecule has 0 unspecified atom stereocenters. The summed E-state index contributed by atoms with van der Waals surface area (Å²) in [6.07, 6.45) is 5.93. The molecule has 0 amide bonds. The fraction of sp³-hybridized carbons (Fsp3) is 0.600. The third-order valence-electron chi connectivity index (χ3n) is 4.75. The zero-order chi connectivity index (χ0) is 14.9. The van der Waals surface area contributed by atoms with Gasteiger partial charge in [0.15, 0.2) is 0 Å². The van der Waals surface area contributed by atoms with Gasteiger partial charge in [0.2, 0.25) is 0 Å². The van der Waals surface area contributed by atoms with Crippen LogP contribution in [-0.4, -0.2) is 30.1 Å². The molecule has 2 fully saturated rings. The van der Waals surface area contributed by atoms with Crippen molar-refractivity contribution < 1.29 is 4.92 Å². The summed E-state index contributed by atoms with van der Waals surface area (Å²) in [7, 11) is 0. The zero-order valence-electron chi connectivity index (χ0n) is 12.0. The van der Waals surface area contributed by atoms with E-state index in [1.165, 1.54) is 19.3 Å². The molecule has 1 saturated heterocycles. The molecule has 1 saturated carbocycles. The number of rotatable bonds is 2. The van der Waals surface area contributed by atoms with Crippen LogP contribution in [0.2, 0.25) is 0 Å². The van der Waals surface area contributed by atoms with Crippen molar-refractivity contribution in [2.45, 2.75) is 37.6 Å². The van der Waals surface area contributed by atoms with E-state index in [0.717, 1.165) is 42.6 Å². The van der Waals surface area contributed by atoms with E-state index in [1.54, 1.807) is 6.07 Å². The van der Waals surface area contributed by atoms with Crippen molar-refractivity contribution in [1.82, 2.24) is 5.32 Å². The van der Waals surface area contributed by atoms with Crippen LogP contribution in [0.3, 0.4) is 0 Å². The van der Waals surface area contributed by atoms with Crippen molar-refractivity contribution in [1.29, 1.82) is 0 Å². The second kappa shape index (κ2) is 5.93. The average Bonchev–Trinajstić information content (AvgIpc) is 2.49. The van der Waals surface area contributed by atoms with Gasteiger partial charge in [-0.3, -0.25) is 10.1 Å². The van der Waals surface area contributed by atoms with Gasteiger partial charge in [-0.1, -0.05) is 35.2 Å². The number of anilines is 1. The Morgan fingerprint density at radius 3 is 2.76 bits per heavy atom. The van der Waals surface area contributed by atoms with Crippen LogP contribution in [-0.2, 0) is 0 Å². The van der Waals surface area contributed by atoms with E-state index in [2.05, 4.69) is 26.1 Å². The van der Waals surface area contributed by atoms with E-state index < -0.39 is 0 Å². The van der Waals surface area contributed by atoms with E-state index in [1.807, 2.05) is 12.1 Å². The molecule has 1 N–H and O–H groups in total. The average molecular weight is 354 g/mol. The van der Waals surface area contributed by atoms with Crippen molar-refractivity contribution >= 4 is 27.3 Å². The maximum Gasteiger partial charge on any atom is 0.293 e. The summed E-state index contributed by atoms with van der Waals surface area (Å²) in [4.78, 5) is 13.5. The minimum Gasteiger partial charge on any atom is -0.358 e. The summed E-state index contributed by atoms with van der Waals surface area (Å²) in [6.45, 7) is 2.65. The Labute approximate surface area is 133 Å². The number of nitro groups is 1. The molecule has 114 valence electrons. The SMILES string of the molecule is O=[N+]([O-])c1cc(Br)ccc1N1CCNCC12CCCCC2. The van der Waals surface area contributed by atoms with Crippen molar-refractivity contribution in [3.63, 3.8) is 0 Å². The van der Waals surface area contributed by atoms with E-state index in [4.69, 9.17) is 0 Å². The summed E-state index contributed by atoms with van der Waals surface area (Å²) in [5, 5.41) is 14.9. The largest absolute Gasteiger partial charge is 0.358 e. The highest BCUT2D eigenvalue weighted by atomic mass is 79.9. The molecular formula is C15H20BrN3O2. The molecule has 1 spiro atoms. The smallest absolute Gasteiger partial charge is 0.293 e. The van der Waals surface area contributed by atoms with Gasteiger partial charge < -0.3 is 10.2 Å². The number of halogens is 1. The van der Waals surface area contributed by atoms with Crippen LogP contribution in [0, 0.1) is 10.1 Å². The summed E-state index contributed by atoms with van der Waals surface area (Å²) in [6, 6.07) is 5.42. The fourth-order valence-corrected chi connectivity index (χ4v) is 4.10. The molecule has 5 nitrogen and oxygen atoms in total. The van der Waals surface area contributed by atoms with Crippen molar-refractivity contribution in [2.75, 3.05) is 24.5 Å². The third-order valence-corrected chi connectivity index (χ3v) is 5.24. The van der Waals surface area contributed by atoms with E-state index in [9.17, 15) is 10.1 Å². The molecule has 1 aliphatic heterocycles. The van der Waals surface area contributed by atoms with Crippen molar-refractivity contribution in [3.05, 3.63) is 32.8 Å². The monoisotopic (exact) mass is 353 g/mol. The minimum atomic E-state index is -0.265. The first-order chi connectivity index (χ1) is 10.1. The molecule has 1 aliphatic carbocycles. The highest BCUT2D eigenvalue weighted by Crippen LogP contribution is 2.41. The van der Waals surface area contributed by atoms with Gasteiger partial charge in [0, 0.05) is 30.2 Å². The lowest BCUT2D eigenvalue weighted by atomic mass is 9.78. The third kappa shape index (κ3) is 2.79. The standard InChI is InChI=1S/C15H20BrN3O2/c16-12-4-5-13(14(10-12)19(20)21)18-9-8-17-11-15(18)6-2-1-3-7-15/h4-5,10,17H,1-3,6-9,11H2. The molecule has 0 bridgehead atoms. The predicted molar refractivity (Wildman–Crippen MR) is 86.8 cm³/mol. The topological polar surface area (TPSA) is 58.4 Å². The molecule has 3 rings (SSSR count). The number of hydrogen-bond donors (Lipinski definition) is 1. The van der Waals surface area contributed by atoms with Crippen LogP contribution in [0.1, 0.15) is 32.1 Å². The van der Waals surface area contributed by atoms with E-state index in [0.29, 0.717) is 0 Å². The molecule has 1 heterocycles.